The van der Waals surface area contributed by atoms with Crippen LogP contribution in [-0.4, -0.2) is 17.1 Å². The fourth-order valence-electron chi connectivity index (χ4n) is 0.137. The van der Waals surface area contributed by atoms with Gasteiger partial charge < -0.3 is 5.11 Å². The first kappa shape index (κ1) is 6.81. The van der Waals surface area contributed by atoms with Gasteiger partial charge in [0.1, 0.15) is 0 Å². The minimum absolute atomic E-state index is 0.336. The second-order valence-electron chi connectivity index (χ2n) is 0.976. The molecule has 0 aromatic rings. The summed E-state index contributed by atoms with van der Waals surface area (Å²) in [5.74, 6) is -1.34. The summed E-state index contributed by atoms with van der Waals surface area (Å²) in [6.45, 7) is 0. The molecule has 0 atom stereocenters. The number of hydrogen-bond donors (Lipinski definition) is 1. The van der Waals surface area contributed by atoms with Gasteiger partial charge in [0.2, 0.25) is 0 Å². The van der Waals surface area contributed by atoms with Crippen LogP contribution in [0.3, 0.4) is 0 Å². The van der Waals surface area contributed by atoms with Gasteiger partial charge in [-0.05, 0) is 0 Å². The first-order valence-corrected chi connectivity index (χ1v) is 1.73. The molecule has 0 aliphatic carbocycles. The van der Waals surface area contributed by atoms with E-state index in [1.807, 2.05) is 0 Å². The summed E-state index contributed by atoms with van der Waals surface area (Å²) in [6.07, 6.45) is 0.769. The number of carbonyl (C=O) groups is 2. The monoisotopic (exact) mass is 118 g/mol. The molecule has 44 valence electrons. The number of carboxylic acids is 1. The van der Waals surface area contributed by atoms with E-state index in [-0.39, 0.29) is 0 Å². The van der Waals surface area contributed by atoms with Gasteiger partial charge in [0.25, 0.3) is 0 Å². The molecule has 0 saturated carbocycles. The Hall–Kier alpha value is -1.19. The molecular formula is C4H3FO3. The van der Waals surface area contributed by atoms with E-state index < -0.39 is 12.0 Å². The highest BCUT2D eigenvalue weighted by Gasteiger charge is 1.89. The number of carboxylic acid groups (broad SMARTS) is 1. The zero-order chi connectivity index (χ0) is 6.57. The molecule has 0 aliphatic rings. The number of halogens is 1. The van der Waals surface area contributed by atoms with E-state index >= 15 is 0 Å². The van der Waals surface area contributed by atoms with E-state index in [2.05, 4.69) is 0 Å². The lowest BCUT2D eigenvalue weighted by atomic mass is 10.5. The Morgan fingerprint density at radius 2 is 1.88 bits per heavy atom. The van der Waals surface area contributed by atoms with Crippen molar-refractivity contribution in [3.63, 3.8) is 0 Å². The molecule has 0 aromatic heterocycles. The molecule has 0 fully saturated rings. The Kier molecular flexibility index (Phi) is 2.47. The van der Waals surface area contributed by atoms with Crippen LogP contribution in [0, 0.1) is 0 Å². The van der Waals surface area contributed by atoms with E-state index in [0.717, 1.165) is 0 Å². The third kappa shape index (κ3) is 4.81. The first-order valence-electron chi connectivity index (χ1n) is 1.73. The summed E-state index contributed by atoms with van der Waals surface area (Å²) in [4.78, 5) is 18.8. The zero-order valence-corrected chi connectivity index (χ0v) is 3.80. The third-order valence-electron chi connectivity index (χ3n) is 0.357. The summed E-state index contributed by atoms with van der Waals surface area (Å²) in [6, 6.07) is -1.76. The van der Waals surface area contributed by atoms with Crippen LogP contribution in [0.15, 0.2) is 12.2 Å². The van der Waals surface area contributed by atoms with Gasteiger partial charge in [-0.3, -0.25) is 4.79 Å². The molecule has 0 bridgehead atoms. The van der Waals surface area contributed by atoms with Gasteiger partial charge in [-0.15, -0.1) is 0 Å². The van der Waals surface area contributed by atoms with E-state index in [0.29, 0.717) is 12.2 Å². The van der Waals surface area contributed by atoms with Crippen molar-refractivity contribution in [3.8, 4) is 0 Å². The van der Waals surface area contributed by atoms with Crippen molar-refractivity contribution in [2.75, 3.05) is 0 Å². The van der Waals surface area contributed by atoms with Crippen LogP contribution in [0.2, 0.25) is 0 Å². The Morgan fingerprint density at radius 3 is 2.00 bits per heavy atom. The molecule has 1 N–H and O–H groups in total. The van der Waals surface area contributed by atoms with Crippen molar-refractivity contribution in [1.29, 1.82) is 0 Å². The lowest BCUT2D eigenvalue weighted by Crippen LogP contribution is -1.88. The third-order valence-corrected chi connectivity index (χ3v) is 0.357. The van der Waals surface area contributed by atoms with E-state index in [4.69, 9.17) is 5.11 Å². The quantitative estimate of drug-likeness (QED) is 0.414. The largest absolute Gasteiger partial charge is 0.478 e. The molecule has 0 spiro atoms. The molecule has 0 saturated heterocycles. The smallest absolute Gasteiger partial charge is 0.328 e. The summed E-state index contributed by atoms with van der Waals surface area (Å²) < 4.78 is 11.1. The average Bonchev–Trinajstić information content (AvgIpc) is 1.61. The Balaban J connectivity index is 3.67. The van der Waals surface area contributed by atoms with Crippen LogP contribution < -0.4 is 0 Å². The van der Waals surface area contributed by atoms with Gasteiger partial charge in [-0.2, -0.15) is 4.39 Å². The molecule has 8 heavy (non-hydrogen) atoms. The molecule has 3 nitrogen and oxygen atoms in total. The average molecular weight is 118 g/mol. The maximum Gasteiger partial charge on any atom is 0.328 e. The lowest BCUT2D eigenvalue weighted by Gasteiger charge is -1.72. The van der Waals surface area contributed by atoms with Gasteiger partial charge in [0.15, 0.2) is 0 Å². The summed E-state index contributed by atoms with van der Waals surface area (Å²) in [5, 5.41) is 7.76. The molecular weight excluding hydrogens is 115 g/mol. The molecule has 0 aromatic carbocycles. The highest BCUT2D eigenvalue weighted by atomic mass is 19.1. The predicted molar refractivity (Wildman–Crippen MR) is 22.9 cm³/mol. The second-order valence-corrected chi connectivity index (χ2v) is 0.976. The number of rotatable bonds is 2. The minimum Gasteiger partial charge on any atom is -0.478 e. The molecule has 0 radical (unpaired) electrons. The van der Waals surface area contributed by atoms with Crippen molar-refractivity contribution in [1.82, 2.24) is 0 Å². The maximum atomic E-state index is 11.1. The van der Waals surface area contributed by atoms with E-state index in [9.17, 15) is 14.0 Å². The van der Waals surface area contributed by atoms with Crippen LogP contribution in [0.25, 0.3) is 0 Å². The minimum atomic E-state index is -1.76. The van der Waals surface area contributed by atoms with Gasteiger partial charge in [0, 0.05) is 12.2 Å². The normalized spacial score (nSPS) is 9.62. The maximum absolute atomic E-state index is 11.1. The number of hydrogen-bond acceptors (Lipinski definition) is 2. The van der Waals surface area contributed by atoms with Crippen LogP contribution >= 0.6 is 0 Å². The van der Waals surface area contributed by atoms with Crippen molar-refractivity contribution in [2.24, 2.45) is 0 Å². The SMILES string of the molecule is O=C(O)/C=C\C(=O)F. The Bertz CT molecular complexity index is 122. The van der Waals surface area contributed by atoms with Gasteiger partial charge >= 0.3 is 12.0 Å². The predicted octanol–water partition coefficient (Wildman–Crippen LogP) is 0.123. The summed E-state index contributed by atoms with van der Waals surface area (Å²) in [7, 11) is 0. The molecule has 0 amide bonds. The summed E-state index contributed by atoms with van der Waals surface area (Å²) >= 11 is 0. The van der Waals surface area contributed by atoms with Crippen molar-refractivity contribution in [2.45, 2.75) is 0 Å². The van der Waals surface area contributed by atoms with Crippen molar-refractivity contribution >= 4 is 12.0 Å². The molecule has 4 heteroatoms. The zero-order valence-electron chi connectivity index (χ0n) is 3.80. The fourth-order valence-corrected chi connectivity index (χ4v) is 0.137. The Labute approximate surface area is 44.4 Å². The molecule has 0 heterocycles. The first-order chi connectivity index (χ1) is 3.63. The van der Waals surface area contributed by atoms with E-state index in [1.54, 1.807) is 0 Å². The van der Waals surface area contributed by atoms with Crippen LogP contribution in [0.5, 0.6) is 0 Å². The standard InChI is InChI=1S/C4H3FO3/c5-3(6)1-2-4(7)8/h1-2H,(H,7,8)/b2-1-. The van der Waals surface area contributed by atoms with Crippen LogP contribution in [-0.2, 0) is 9.59 Å². The molecule has 0 aliphatic heterocycles. The number of carbonyl (C=O) groups excluding carboxylic acids is 1. The number of aliphatic carboxylic acids is 1. The van der Waals surface area contributed by atoms with Gasteiger partial charge in [-0.1, -0.05) is 0 Å². The highest BCUT2D eigenvalue weighted by Crippen LogP contribution is 1.76. The topological polar surface area (TPSA) is 54.4 Å². The molecule has 0 rings (SSSR count). The van der Waals surface area contributed by atoms with Crippen LogP contribution in [0.4, 0.5) is 4.39 Å². The Morgan fingerprint density at radius 1 is 1.38 bits per heavy atom. The highest BCUT2D eigenvalue weighted by molar-refractivity contribution is 5.90. The number of allylic oxidation sites excluding steroid dienone is 1. The van der Waals surface area contributed by atoms with Gasteiger partial charge in [0.05, 0.1) is 0 Å². The molecule has 0 unspecified atom stereocenters. The van der Waals surface area contributed by atoms with Gasteiger partial charge in [-0.25, -0.2) is 4.79 Å². The summed E-state index contributed by atoms with van der Waals surface area (Å²) in [5.41, 5.74) is 0. The van der Waals surface area contributed by atoms with Crippen molar-refractivity contribution < 1.29 is 19.1 Å². The lowest BCUT2D eigenvalue weighted by molar-refractivity contribution is -0.132. The van der Waals surface area contributed by atoms with Crippen molar-refractivity contribution in [3.05, 3.63) is 12.2 Å². The fraction of sp³-hybridized carbons (Fsp3) is 0. The van der Waals surface area contributed by atoms with E-state index in [1.165, 1.54) is 0 Å². The second kappa shape index (κ2) is 2.90. The van der Waals surface area contributed by atoms with Crippen LogP contribution in [0.1, 0.15) is 0 Å².